The maximum atomic E-state index is 2.77. The molecule has 0 fully saturated rings. The molecule has 0 spiro atoms. The Balaban J connectivity index is 1.03. The first-order valence-corrected chi connectivity index (χ1v) is 36.0. The maximum absolute atomic E-state index is 2.77. The Hall–Kier alpha value is -11.6. The van der Waals surface area contributed by atoms with E-state index in [1.165, 1.54) is 152 Å². The summed E-state index contributed by atoms with van der Waals surface area (Å²) in [6, 6.07) is 123. The van der Waals surface area contributed by atoms with E-state index in [2.05, 4.69) is 373 Å². The van der Waals surface area contributed by atoms with E-state index in [1.54, 1.807) is 0 Å². The first-order valence-electron chi connectivity index (χ1n) is 35.2. The first kappa shape index (κ1) is 59.7. The van der Waals surface area contributed by atoms with Crippen LogP contribution < -0.4 is 26.2 Å². The van der Waals surface area contributed by atoms with Crippen LogP contribution in [0.25, 0.3) is 130 Å². The molecule has 474 valence electrons. The lowest BCUT2D eigenvalue weighted by Gasteiger charge is -2.46. The highest BCUT2D eigenvalue weighted by Gasteiger charge is 2.47. The number of anilines is 6. The monoisotopic (exact) mass is 1290 g/mol. The lowest BCUT2D eigenvalue weighted by atomic mass is 9.33. The average Bonchev–Trinajstić information content (AvgIpc) is 1.10. The minimum absolute atomic E-state index is 0.185. The molecule has 0 amide bonds. The smallest absolute Gasteiger partial charge is 0.252 e. The summed E-state index contributed by atoms with van der Waals surface area (Å²) in [4.78, 5) is 5.50. The number of rotatable bonds is 8. The van der Waals surface area contributed by atoms with Crippen molar-refractivity contribution in [1.29, 1.82) is 0 Å². The van der Waals surface area contributed by atoms with Gasteiger partial charge in [0.1, 0.15) is 0 Å². The number of benzene rings is 16. The summed E-state index contributed by atoms with van der Waals surface area (Å²) >= 11 is 1.93. The SMILES string of the molecule is CC(C)(C)c1cc(-c2ccccc2)c(N2c3ccc(-c4cc5ccccc5c5ccccc45)cc3B3c4cc(-c5cc6ccccc6c6ccccc56)ccc4N(c4c(-c5ccccc5)cc(C(C)(C)C)cc4-c4ccccc4)c4c3c2cc2c4sc3ccccc32)c(-c2ccccc2)c1. The number of thiophene rings is 1. The van der Waals surface area contributed by atoms with Crippen LogP contribution in [0.1, 0.15) is 52.7 Å². The number of hydrogen-bond donors (Lipinski definition) is 0. The molecule has 19 rings (SSSR count). The van der Waals surface area contributed by atoms with E-state index in [-0.39, 0.29) is 17.5 Å². The van der Waals surface area contributed by atoms with Gasteiger partial charge in [-0.05, 0) is 187 Å². The van der Waals surface area contributed by atoms with Crippen LogP contribution in [0.5, 0.6) is 0 Å². The molecule has 2 aliphatic heterocycles. The van der Waals surface area contributed by atoms with Gasteiger partial charge in [0, 0.05) is 54.8 Å². The predicted molar refractivity (Wildman–Crippen MR) is 433 cm³/mol. The maximum Gasteiger partial charge on any atom is 0.252 e. The highest BCUT2D eigenvalue weighted by atomic mass is 32.1. The Morgan fingerprint density at radius 2 is 0.620 bits per heavy atom. The molecule has 0 saturated carbocycles. The van der Waals surface area contributed by atoms with Gasteiger partial charge in [0.2, 0.25) is 0 Å². The van der Waals surface area contributed by atoms with E-state index >= 15 is 0 Å². The Bertz CT molecular complexity index is 5920. The average molecular weight is 1300 g/mol. The van der Waals surface area contributed by atoms with Crippen LogP contribution in [0.2, 0.25) is 0 Å². The van der Waals surface area contributed by atoms with Crippen LogP contribution in [0.15, 0.2) is 322 Å². The first-order chi connectivity index (χ1) is 48.9. The van der Waals surface area contributed by atoms with E-state index in [4.69, 9.17) is 0 Å². The summed E-state index contributed by atoms with van der Waals surface area (Å²) in [5.41, 5.74) is 27.1. The van der Waals surface area contributed by atoms with Gasteiger partial charge in [-0.25, -0.2) is 0 Å². The van der Waals surface area contributed by atoms with Crippen molar-refractivity contribution >= 4 is 132 Å². The zero-order valence-electron chi connectivity index (χ0n) is 57.0. The Labute approximate surface area is 589 Å². The van der Waals surface area contributed by atoms with Crippen molar-refractivity contribution in [2.24, 2.45) is 0 Å². The molecule has 0 unspecified atom stereocenters. The number of fused-ring (bicyclic) bond motifs is 14. The zero-order chi connectivity index (χ0) is 67.1. The second-order valence-corrected chi connectivity index (χ2v) is 30.5. The summed E-state index contributed by atoms with van der Waals surface area (Å²) in [5, 5.41) is 12.4. The highest BCUT2D eigenvalue weighted by molar-refractivity contribution is 7.26. The molecule has 2 nitrogen and oxygen atoms in total. The van der Waals surface area contributed by atoms with Gasteiger partial charge in [0.15, 0.2) is 0 Å². The molecule has 16 aromatic carbocycles. The largest absolute Gasteiger partial charge is 0.310 e. The lowest BCUT2D eigenvalue weighted by molar-refractivity contribution is 0.590. The van der Waals surface area contributed by atoms with E-state index < -0.39 is 0 Å². The molecule has 17 aromatic rings. The van der Waals surface area contributed by atoms with E-state index in [0.717, 1.165) is 39.6 Å². The fraction of sp³-hybridized carbons (Fsp3) is 0.0833. The molecule has 0 N–H and O–H groups in total. The molecule has 0 saturated heterocycles. The van der Waals surface area contributed by atoms with Crippen molar-refractivity contribution in [2.75, 3.05) is 9.80 Å². The molecule has 2 aliphatic rings. The van der Waals surface area contributed by atoms with Crippen LogP contribution in [-0.2, 0) is 10.8 Å². The number of hydrogen-bond acceptors (Lipinski definition) is 3. The third-order valence-electron chi connectivity index (χ3n) is 21.5. The predicted octanol–water partition coefficient (Wildman–Crippen LogP) is 25.3. The molecule has 0 aliphatic carbocycles. The van der Waals surface area contributed by atoms with Gasteiger partial charge >= 0.3 is 0 Å². The number of nitrogens with zero attached hydrogens (tertiary/aromatic N) is 2. The molecular weight excluding hydrogens is 1220 g/mol. The van der Waals surface area contributed by atoms with Crippen LogP contribution in [-0.4, -0.2) is 6.71 Å². The zero-order valence-corrected chi connectivity index (χ0v) is 57.8. The Morgan fingerprint density at radius 3 is 1.05 bits per heavy atom. The molecule has 0 bridgehead atoms. The molecule has 100 heavy (non-hydrogen) atoms. The second kappa shape index (κ2) is 23.0. The minimum Gasteiger partial charge on any atom is -0.310 e. The third kappa shape index (κ3) is 9.52. The normalized spacial score (nSPS) is 12.8. The van der Waals surface area contributed by atoms with Gasteiger partial charge in [-0.3, -0.25) is 0 Å². The van der Waals surface area contributed by atoms with E-state index in [1.807, 2.05) is 11.3 Å². The summed E-state index contributed by atoms with van der Waals surface area (Å²) in [7, 11) is 0. The van der Waals surface area contributed by atoms with Crippen molar-refractivity contribution in [3.05, 3.63) is 333 Å². The molecule has 1 aromatic heterocycles. The quantitative estimate of drug-likeness (QED) is 0.111. The summed E-state index contributed by atoms with van der Waals surface area (Å²) in [6.07, 6.45) is 0. The molecule has 3 heterocycles. The van der Waals surface area contributed by atoms with Crippen molar-refractivity contribution < 1.29 is 0 Å². The van der Waals surface area contributed by atoms with E-state index in [0.29, 0.717) is 0 Å². The van der Waals surface area contributed by atoms with Gasteiger partial charge in [-0.15, -0.1) is 11.3 Å². The van der Waals surface area contributed by atoms with Crippen molar-refractivity contribution in [3.8, 4) is 66.8 Å². The van der Waals surface area contributed by atoms with Gasteiger partial charge in [0.25, 0.3) is 6.71 Å². The third-order valence-corrected chi connectivity index (χ3v) is 22.7. The Morgan fingerprint density at radius 1 is 0.260 bits per heavy atom. The van der Waals surface area contributed by atoms with Crippen LogP contribution in [0.3, 0.4) is 0 Å². The lowest BCUT2D eigenvalue weighted by Crippen LogP contribution is -2.61. The van der Waals surface area contributed by atoms with Crippen LogP contribution >= 0.6 is 11.3 Å². The summed E-state index contributed by atoms with van der Waals surface area (Å²) in [6.45, 7) is 13.9. The molecule has 0 radical (unpaired) electrons. The molecule has 0 atom stereocenters. The molecular formula is C96H71BN2S. The van der Waals surface area contributed by atoms with Crippen molar-refractivity contribution in [3.63, 3.8) is 0 Å². The molecule has 4 heteroatoms. The standard InChI is InChI=1S/C96H71BN2S/c1-95(2,3)68-55-79(60-29-11-7-12-30-60)91(80(56-68)61-31-13-8-14-32-61)98-86-49-47-66(77-51-64-37-19-21-39-70(64)72-41-23-25-43-74(72)77)53-84(86)97-85-54-67(78-52-65-38-20-22-40-71(65)73-42-24-26-44-75(73)78)48-50-87(85)99(93-90(97)88(98)59-83-76-45-27-28-46-89(76)100-94(83)93)92-81(62-33-15-9-16-34-62)57-69(96(4,5)6)58-82(92)63-35-17-10-18-36-63/h7-59H,1-6H3. The van der Waals surface area contributed by atoms with E-state index in [9.17, 15) is 0 Å². The fourth-order valence-electron chi connectivity index (χ4n) is 16.6. The van der Waals surface area contributed by atoms with Gasteiger partial charge in [-0.1, -0.05) is 302 Å². The van der Waals surface area contributed by atoms with Gasteiger partial charge in [0.05, 0.1) is 21.8 Å². The van der Waals surface area contributed by atoms with Gasteiger partial charge in [-0.2, -0.15) is 0 Å². The second-order valence-electron chi connectivity index (χ2n) is 29.5. The highest BCUT2D eigenvalue weighted by Crippen LogP contribution is 2.58. The Kier molecular flexibility index (Phi) is 13.7. The van der Waals surface area contributed by atoms with Crippen LogP contribution in [0, 0.1) is 0 Å². The topological polar surface area (TPSA) is 6.48 Å². The summed E-state index contributed by atoms with van der Waals surface area (Å²) in [5.74, 6) is 0. The minimum atomic E-state index is -0.279. The fourth-order valence-corrected chi connectivity index (χ4v) is 17.8. The van der Waals surface area contributed by atoms with Crippen molar-refractivity contribution in [1.82, 2.24) is 0 Å². The van der Waals surface area contributed by atoms with Gasteiger partial charge < -0.3 is 9.80 Å². The van der Waals surface area contributed by atoms with Crippen molar-refractivity contribution in [2.45, 2.75) is 52.4 Å². The van der Waals surface area contributed by atoms with Crippen LogP contribution in [0.4, 0.5) is 34.1 Å². The summed E-state index contributed by atoms with van der Waals surface area (Å²) < 4.78 is 2.51.